The maximum Gasteiger partial charge on any atom is 0.256 e. The van der Waals surface area contributed by atoms with E-state index in [1.54, 1.807) is 25.6 Å². The van der Waals surface area contributed by atoms with E-state index in [-0.39, 0.29) is 12.1 Å². The summed E-state index contributed by atoms with van der Waals surface area (Å²) in [6.45, 7) is 2.25. The summed E-state index contributed by atoms with van der Waals surface area (Å²) < 4.78 is 10.8. The third-order valence-corrected chi connectivity index (χ3v) is 6.66. The highest BCUT2D eigenvalue weighted by molar-refractivity contribution is 7.16. The molecule has 2 N–H and O–H groups in total. The molecule has 2 aromatic rings. The average Bonchev–Trinajstić information content (AvgIpc) is 3.05. The summed E-state index contributed by atoms with van der Waals surface area (Å²) in [5, 5.41) is 7.59. The molecule has 1 aliphatic heterocycles. The Bertz CT molecular complexity index is 846. The smallest absolute Gasteiger partial charge is 0.256 e. The minimum Gasteiger partial charge on any atom is -0.497 e. The van der Waals surface area contributed by atoms with E-state index in [0.717, 1.165) is 40.6 Å². The predicted molar refractivity (Wildman–Crippen MR) is 104 cm³/mol. The Morgan fingerprint density at radius 3 is 2.81 bits per heavy atom. The zero-order valence-electron chi connectivity index (χ0n) is 15.3. The lowest BCUT2D eigenvalue weighted by Gasteiger charge is -2.28. The molecule has 0 bridgehead atoms. The number of benzene rings is 1. The van der Waals surface area contributed by atoms with Crippen molar-refractivity contribution in [3.05, 3.63) is 39.8 Å². The molecule has 5 nitrogen and oxygen atoms in total. The predicted octanol–water partition coefficient (Wildman–Crippen LogP) is 4.13. The van der Waals surface area contributed by atoms with Gasteiger partial charge in [0, 0.05) is 16.5 Å². The molecule has 2 atom stereocenters. The van der Waals surface area contributed by atoms with Crippen molar-refractivity contribution >= 4 is 22.2 Å². The summed E-state index contributed by atoms with van der Waals surface area (Å²) in [4.78, 5) is 14.2. The third kappa shape index (κ3) is 2.82. The number of methoxy groups -OCH3 is 2. The quantitative estimate of drug-likeness (QED) is 0.847. The number of fused-ring (bicyclic) bond motifs is 3. The van der Waals surface area contributed by atoms with Crippen molar-refractivity contribution in [3.8, 4) is 11.5 Å². The molecule has 2 heterocycles. The molecule has 0 saturated carbocycles. The second kappa shape index (κ2) is 6.83. The molecule has 0 spiro atoms. The van der Waals surface area contributed by atoms with Gasteiger partial charge in [-0.15, -0.1) is 11.3 Å². The van der Waals surface area contributed by atoms with E-state index in [1.807, 2.05) is 18.2 Å². The number of hydrogen-bond donors (Lipinski definition) is 2. The van der Waals surface area contributed by atoms with Gasteiger partial charge in [-0.05, 0) is 42.9 Å². The van der Waals surface area contributed by atoms with Crippen molar-refractivity contribution in [3.63, 3.8) is 0 Å². The number of rotatable bonds is 4. The molecule has 1 aromatic heterocycles. The average molecular weight is 372 g/mol. The van der Waals surface area contributed by atoms with E-state index in [9.17, 15) is 4.79 Å². The first-order valence-electron chi connectivity index (χ1n) is 9.08. The maximum absolute atomic E-state index is 12.9. The van der Waals surface area contributed by atoms with E-state index in [2.05, 4.69) is 17.6 Å². The van der Waals surface area contributed by atoms with E-state index >= 15 is 0 Å². The number of hydrogen-bond acceptors (Lipinski definition) is 5. The van der Waals surface area contributed by atoms with Gasteiger partial charge >= 0.3 is 0 Å². The van der Waals surface area contributed by atoms with Gasteiger partial charge in [0.25, 0.3) is 5.91 Å². The van der Waals surface area contributed by atoms with Crippen LogP contribution in [0, 0.1) is 5.92 Å². The van der Waals surface area contributed by atoms with Crippen LogP contribution in [0.2, 0.25) is 0 Å². The van der Waals surface area contributed by atoms with Gasteiger partial charge in [-0.1, -0.05) is 13.3 Å². The Kier molecular flexibility index (Phi) is 4.53. The summed E-state index contributed by atoms with van der Waals surface area (Å²) in [6.07, 6.45) is 4.17. The molecule has 0 fully saturated rings. The normalized spacial score (nSPS) is 21.3. The first-order valence-corrected chi connectivity index (χ1v) is 9.90. The van der Waals surface area contributed by atoms with Crippen LogP contribution in [0.25, 0.3) is 0 Å². The summed E-state index contributed by atoms with van der Waals surface area (Å²) in [6, 6.07) is 5.65. The first-order chi connectivity index (χ1) is 12.6. The Hall–Kier alpha value is -2.21. The molecular weight excluding hydrogens is 348 g/mol. The van der Waals surface area contributed by atoms with Crippen LogP contribution in [0.3, 0.4) is 0 Å². The van der Waals surface area contributed by atoms with Crippen LogP contribution >= 0.6 is 11.3 Å². The zero-order valence-corrected chi connectivity index (χ0v) is 16.2. The Morgan fingerprint density at radius 2 is 2.08 bits per heavy atom. The number of thiophene rings is 1. The van der Waals surface area contributed by atoms with Gasteiger partial charge in [-0.2, -0.15) is 0 Å². The van der Waals surface area contributed by atoms with Crippen molar-refractivity contribution in [2.75, 3.05) is 19.5 Å². The van der Waals surface area contributed by atoms with E-state index in [0.29, 0.717) is 5.75 Å². The highest BCUT2D eigenvalue weighted by atomic mass is 32.1. The minimum absolute atomic E-state index is 0.00840. The van der Waals surface area contributed by atoms with Crippen LogP contribution < -0.4 is 20.1 Å². The molecule has 6 heteroatoms. The van der Waals surface area contributed by atoms with Crippen LogP contribution in [0.5, 0.6) is 11.5 Å². The van der Waals surface area contributed by atoms with Crippen molar-refractivity contribution in [2.24, 2.45) is 5.92 Å². The lowest BCUT2D eigenvalue weighted by Crippen LogP contribution is -2.38. The lowest BCUT2D eigenvalue weighted by molar-refractivity contribution is 0.0934. The van der Waals surface area contributed by atoms with Crippen LogP contribution in [0.15, 0.2) is 18.2 Å². The third-order valence-electron chi connectivity index (χ3n) is 5.47. The molecule has 0 saturated heterocycles. The highest BCUT2D eigenvalue weighted by Gasteiger charge is 2.34. The van der Waals surface area contributed by atoms with Gasteiger partial charge in [-0.25, -0.2) is 0 Å². The van der Waals surface area contributed by atoms with Crippen molar-refractivity contribution in [2.45, 2.75) is 38.8 Å². The fourth-order valence-corrected chi connectivity index (χ4v) is 5.31. The summed E-state index contributed by atoms with van der Waals surface area (Å²) in [5.74, 6) is 2.17. The first kappa shape index (κ1) is 17.2. The Balaban J connectivity index is 1.67. The fraction of sp³-hybridized carbons (Fsp3) is 0.450. The molecule has 1 amide bonds. The topological polar surface area (TPSA) is 59.6 Å². The zero-order chi connectivity index (χ0) is 18.3. The number of anilines is 1. The van der Waals surface area contributed by atoms with Crippen molar-refractivity contribution in [1.82, 2.24) is 5.32 Å². The van der Waals surface area contributed by atoms with Gasteiger partial charge in [0.05, 0.1) is 19.8 Å². The molecular formula is C20H24N2O3S. The fourth-order valence-electron chi connectivity index (χ4n) is 3.93. The van der Waals surface area contributed by atoms with Crippen LogP contribution in [-0.2, 0) is 12.8 Å². The number of amides is 1. The molecule has 26 heavy (non-hydrogen) atoms. The van der Waals surface area contributed by atoms with Gasteiger partial charge in [0.15, 0.2) is 0 Å². The van der Waals surface area contributed by atoms with Crippen LogP contribution in [0.4, 0.5) is 5.00 Å². The highest BCUT2D eigenvalue weighted by Crippen LogP contribution is 2.44. The molecule has 0 unspecified atom stereocenters. The second-order valence-electron chi connectivity index (χ2n) is 6.88. The van der Waals surface area contributed by atoms with Crippen molar-refractivity contribution < 1.29 is 14.3 Å². The Labute approximate surface area is 157 Å². The van der Waals surface area contributed by atoms with E-state index in [1.165, 1.54) is 23.3 Å². The van der Waals surface area contributed by atoms with E-state index in [4.69, 9.17) is 9.47 Å². The molecule has 0 radical (unpaired) electrons. The molecule has 1 aliphatic carbocycles. The van der Waals surface area contributed by atoms with E-state index < -0.39 is 0 Å². The summed E-state index contributed by atoms with van der Waals surface area (Å²) in [7, 11) is 3.25. The number of carbonyl (C=O) groups excluding carboxylic acids is 1. The summed E-state index contributed by atoms with van der Waals surface area (Å²) in [5.41, 5.74) is 2.99. The molecule has 1 aromatic carbocycles. The van der Waals surface area contributed by atoms with Crippen LogP contribution in [-0.4, -0.2) is 20.1 Å². The SMILES string of the molecule is CC[C@H]1CCc2c(sc3c2C(=O)N[C@@H](c2ccc(OC)cc2OC)N3)C1. The van der Waals surface area contributed by atoms with Crippen LogP contribution in [0.1, 0.15) is 52.3 Å². The standard InChI is InChI=1S/C20H24N2O3S/c1-4-11-5-7-14-16(9-11)26-20-17(14)19(23)21-18(22-20)13-8-6-12(24-2)10-15(13)25-3/h6,8,10-11,18,22H,4-5,7,9H2,1-3H3,(H,21,23)/t11-,18+/m0/s1. The number of nitrogens with one attached hydrogen (secondary N) is 2. The molecule has 2 aliphatic rings. The largest absolute Gasteiger partial charge is 0.497 e. The van der Waals surface area contributed by atoms with Gasteiger partial charge < -0.3 is 20.1 Å². The monoisotopic (exact) mass is 372 g/mol. The van der Waals surface area contributed by atoms with Crippen molar-refractivity contribution in [1.29, 1.82) is 0 Å². The number of ether oxygens (including phenoxy) is 2. The second-order valence-corrected chi connectivity index (χ2v) is 7.99. The number of carbonyl (C=O) groups is 1. The van der Waals surface area contributed by atoms with Gasteiger partial charge in [0.1, 0.15) is 22.7 Å². The minimum atomic E-state index is -0.307. The molecule has 4 rings (SSSR count). The van der Waals surface area contributed by atoms with Gasteiger partial charge in [0.2, 0.25) is 0 Å². The van der Waals surface area contributed by atoms with Gasteiger partial charge in [-0.3, -0.25) is 4.79 Å². The lowest BCUT2D eigenvalue weighted by atomic mass is 9.85. The molecule has 138 valence electrons. The maximum atomic E-state index is 12.9. The summed E-state index contributed by atoms with van der Waals surface area (Å²) >= 11 is 1.74. The Morgan fingerprint density at radius 1 is 1.23 bits per heavy atom.